The van der Waals surface area contributed by atoms with E-state index in [0.29, 0.717) is 23.6 Å². The maximum Gasteiger partial charge on any atom is 0.296 e. The number of anilines is 1. The van der Waals surface area contributed by atoms with Crippen molar-refractivity contribution in [3.8, 4) is 11.4 Å². The molecule has 0 aliphatic rings. The largest absolute Gasteiger partial charge is 0.496 e. The summed E-state index contributed by atoms with van der Waals surface area (Å²) >= 11 is 0. The average Bonchev–Trinajstić information content (AvgIpc) is 2.91. The second-order valence-electron chi connectivity index (χ2n) is 6.37. The van der Waals surface area contributed by atoms with E-state index in [1.54, 1.807) is 50.0 Å². The molecule has 1 N–H and O–H groups in total. The maximum absolute atomic E-state index is 12.9. The first-order valence-corrected chi connectivity index (χ1v) is 10.3. The van der Waals surface area contributed by atoms with Crippen LogP contribution in [-0.2, 0) is 23.5 Å². The number of hydrogen-bond acceptors (Lipinski definition) is 4. The molecule has 28 heavy (non-hydrogen) atoms. The van der Waals surface area contributed by atoms with Crippen molar-refractivity contribution in [1.82, 2.24) is 9.36 Å². The lowest BCUT2D eigenvalue weighted by Crippen LogP contribution is -2.23. The van der Waals surface area contributed by atoms with Gasteiger partial charge in [0, 0.05) is 7.05 Å². The van der Waals surface area contributed by atoms with E-state index in [1.165, 1.54) is 10.7 Å². The number of nitrogens with zero attached hydrogens (tertiary/aromatic N) is 2. The molecule has 0 amide bonds. The zero-order valence-corrected chi connectivity index (χ0v) is 17.1. The van der Waals surface area contributed by atoms with Crippen molar-refractivity contribution in [3.63, 3.8) is 0 Å². The first kappa shape index (κ1) is 19.8. The minimum Gasteiger partial charge on any atom is -0.496 e. The second kappa shape index (κ2) is 7.55. The molecule has 3 rings (SSSR count). The van der Waals surface area contributed by atoms with E-state index in [-0.39, 0.29) is 10.6 Å². The second-order valence-corrected chi connectivity index (χ2v) is 8.05. The van der Waals surface area contributed by atoms with Gasteiger partial charge in [0.25, 0.3) is 15.6 Å². The summed E-state index contributed by atoms with van der Waals surface area (Å²) in [6.07, 6.45) is 0.623. The van der Waals surface area contributed by atoms with Gasteiger partial charge >= 0.3 is 0 Å². The molecule has 0 saturated carbocycles. The summed E-state index contributed by atoms with van der Waals surface area (Å²) in [5, 5.41) is 0. The number of nitrogens with one attached hydrogen (secondary N) is 1. The Balaban J connectivity index is 2.06. The lowest BCUT2D eigenvalue weighted by Gasteiger charge is -2.11. The lowest BCUT2D eigenvalue weighted by atomic mass is 10.1. The van der Waals surface area contributed by atoms with Crippen LogP contribution in [0.1, 0.15) is 18.2 Å². The van der Waals surface area contributed by atoms with Crippen molar-refractivity contribution in [2.75, 3.05) is 11.8 Å². The van der Waals surface area contributed by atoms with Gasteiger partial charge in [0.1, 0.15) is 11.4 Å². The molecule has 3 aromatic rings. The lowest BCUT2D eigenvalue weighted by molar-refractivity contribution is 0.409. The van der Waals surface area contributed by atoms with Gasteiger partial charge in [-0.05, 0) is 49.2 Å². The summed E-state index contributed by atoms with van der Waals surface area (Å²) in [5.74, 6) is 0.628. The van der Waals surface area contributed by atoms with E-state index >= 15 is 0 Å². The molecule has 1 aromatic heterocycles. The maximum atomic E-state index is 12.9. The van der Waals surface area contributed by atoms with Gasteiger partial charge in [-0.2, -0.15) is 0 Å². The highest BCUT2D eigenvalue weighted by Gasteiger charge is 2.23. The summed E-state index contributed by atoms with van der Waals surface area (Å²) in [6.45, 7) is 3.62. The highest BCUT2D eigenvalue weighted by atomic mass is 32.2. The minimum atomic E-state index is -3.93. The molecule has 0 saturated heterocycles. The van der Waals surface area contributed by atoms with Crippen LogP contribution < -0.4 is 15.0 Å². The van der Waals surface area contributed by atoms with Crippen molar-refractivity contribution >= 4 is 15.7 Å². The van der Waals surface area contributed by atoms with Crippen LogP contribution in [0.4, 0.5) is 5.69 Å². The number of aryl methyl sites for hydroxylation is 1. The van der Waals surface area contributed by atoms with E-state index in [2.05, 4.69) is 4.72 Å². The topological polar surface area (TPSA) is 82.3 Å². The van der Waals surface area contributed by atoms with Gasteiger partial charge < -0.3 is 4.74 Å². The molecule has 1 heterocycles. The van der Waals surface area contributed by atoms with Crippen LogP contribution in [-0.4, -0.2) is 24.9 Å². The summed E-state index contributed by atoms with van der Waals surface area (Å²) in [7, 11) is -0.679. The first-order valence-electron chi connectivity index (χ1n) is 8.84. The molecule has 148 valence electrons. The highest BCUT2D eigenvalue weighted by molar-refractivity contribution is 7.92. The minimum absolute atomic E-state index is 0.0280. The van der Waals surface area contributed by atoms with Crippen molar-refractivity contribution in [1.29, 1.82) is 0 Å². The quantitative estimate of drug-likeness (QED) is 0.689. The summed E-state index contributed by atoms with van der Waals surface area (Å²) in [4.78, 5) is 13.0. The van der Waals surface area contributed by atoms with E-state index in [0.717, 1.165) is 5.56 Å². The van der Waals surface area contributed by atoms with Crippen LogP contribution in [0.15, 0.2) is 58.2 Å². The standard InChI is InChI=1S/C20H23N3O4S/c1-5-15-13-17(11-12-18(15)27-4)28(25,26)21-19-14(2)22(3)23(20(19)24)16-9-7-6-8-10-16/h6-13,21H,5H2,1-4H3. The molecule has 0 bridgehead atoms. The molecule has 2 aromatic carbocycles. The van der Waals surface area contributed by atoms with Gasteiger partial charge in [0.2, 0.25) is 0 Å². The number of rotatable bonds is 6. The number of para-hydroxylation sites is 1. The predicted molar refractivity (Wildman–Crippen MR) is 109 cm³/mol. The molecule has 0 radical (unpaired) electrons. The van der Waals surface area contributed by atoms with E-state index in [4.69, 9.17) is 4.74 Å². The molecule has 0 atom stereocenters. The molecule has 8 heteroatoms. The van der Waals surface area contributed by atoms with E-state index < -0.39 is 15.6 Å². The van der Waals surface area contributed by atoms with E-state index in [9.17, 15) is 13.2 Å². The van der Waals surface area contributed by atoms with E-state index in [1.807, 2.05) is 25.1 Å². The number of sulfonamides is 1. The third-order valence-electron chi connectivity index (χ3n) is 4.73. The zero-order chi connectivity index (χ0) is 20.5. The smallest absolute Gasteiger partial charge is 0.296 e. The van der Waals surface area contributed by atoms with Crippen molar-refractivity contribution in [2.24, 2.45) is 7.05 Å². The highest BCUT2D eigenvalue weighted by Crippen LogP contribution is 2.25. The Hall–Kier alpha value is -3.00. The fourth-order valence-corrected chi connectivity index (χ4v) is 4.24. The van der Waals surface area contributed by atoms with Gasteiger partial charge in [-0.1, -0.05) is 25.1 Å². The summed E-state index contributed by atoms with van der Waals surface area (Å²) in [6, 6.07) is 13.7. The Kier molecular flexibility index (Phi) is 5.33. The van der Waals surface area contributed by atoms with Gasteiger partial charge in [0.05, 0.1) is 23.4 Å². The Morgan fingerprint density at radius 1 is 1.11 bits per heavy atom. The van der Waals surface area contributed by atoms with Gasteiger partial charge in [-0.15, -0.1) is 0 Å². The molecule has 7 nitrogen and oxygen atoms in total. The Labute approximate surface area is 164 Å². The van der Waals surface area contributed by atoms with Crippen LogP contribution >= 0.6 is 0 Å². The van der Waals surface area contributed by atoms with Crippen molar-refractivity contribution < 1.29 is 13.2 Å². The molecule has 0 spiro atoms. The number of hydrogen-bond donors (Lipinski definition) is 1. The van der Waals surface area contributed by atoms with Crippen LogP contribution in [0.3, 0.4) is 0 Å². The van der Waals surface area contributed by atoms with Crippen molar-refractivity contribution in [3.05, 3.63) is 70.1 Å². The number of ether oxygens (including phenoxy) is 1. The molecular formula is C20H23N3O4S. The number of aromatic nitrogens is 2. The SMILES string of the molecule is CCc1cc(S(=O)(=O)Nc2c(C)n(C)n(-c3ccccc3)c2=O)ccc1OC. The van der Waals surface area contributed by atoms with Crippen LogP contribution in [0.5, 0.6) is 5.75 Å². The van der Waals surface area contributed by atoms with Gasteiger partial charge in [0.15, 0.2) is 0 Å². The van der Waals surface area contributed by atoms with Crippen LogP contribution in [0.2, 0.25) is 0 Å². The van der Waals surface area contributed by atoms with Gasteiger partial charge in [-0.25, -0.2) is 13.1 Å². The molecule has 0 aliphatic heterocycles. The Morgan fingerprint density at radius 3 is 2.39 bits per heavy atom. The molecule has 0 unspecified atom stereocenters. The normalized spacial score (nSPS) is 11.4. The van der Waals surface area contributed by atoms with Crippen LogP contribution in [0.25, 0.3) is 5.69 Å². The Morgan fingerprint density at radius 2 is 1.79 bits per heavy atom. The summed E-state index contributed by atoms with van der Waals surface area (Å²) in [5.41, 5.74) is 1.54. The third-order valence-corrected chi connectivity index (χ3v) is 6.08. The van der Waals surface area contributed by atoms with Gasteiger partial charge in [-0.3, -0.25) is 14.2 Å². The molecule has 0 aliphatic carbocycles. The van der Waals surface area contributed by atoms with Crippen molar-refractivity contribution in [2.45, 2.75) is 25.2 Å². The number of benzene rings is 2. The average molecular weight is 401 g/mol. The summed E-state index contributed by atoms with van der Waals surface area (Å²) < 4.78 is 36.6. The fraction of sp³-hybridized carbons (Fsp3) is 0.250. The zero-order valence-electron chi connectivity index (χ0n) is 16.3. The molecule has 0 fully saturated rings. The monoisotopic (exact) mass is 401 g/mol. The fourth-order valence-electron chi connectivity index (χ4n) is 3.08. The molecular weight excluding hydrogens is 378 g/mol. The first-order chi connectivity index (χ1) is 13.3. The predicted octanol–water partition coefficient (Wildman–Crippen LogP) is 2.86. The third kappa shape index (κ3) is 3.43. The number of methoxy groups -OCH3 is 1. The van der Waals surface area contributed by atoms with Crippen LogP contribution in [0, 0.1) is 6.92 Å². The Bertz CT molecular complexity index is 1160.